The van der Waals surface area contributed by atoms with E-state index in [0.29, 0.717) is 0 Å². The monoisotopic (exact) mass is 699 g/mol. The summed E-state index contributed by atoms with van der Waals surface area (Å²) in [6.45, 7) is 0. The molecule has 0 aromatic heterocycles. The fourth-order valence-corrected chi connectivity index (χ4v) is 8.21. The van der Waals surface area contributed by atoms with Crippen molar-refractivity contribution < 1.29 is 0 Å². The van der Waals surface area contributed by atoms with E-state index in [9.17, 15) is 0 Å². The Morgan fingerprint density at radius 1 is 0.218 bits per heavy atom. The summed E-state index contributed by atoms with van der Waals surface area (Å²) in [4.78, 5) is 2.39. The van der Waals surface area contributed by atoms with Crippen molar-refractivity contribution in [2.75, 3.05) is 4.90 Å². The predicted octanol–water partition coefficient (Wildman–Crippen LogP) is 15.3. The van der Waals surface area contributed by atoms with Crippen LogP contribution in [0.15, 0.2) is 224 Å². The second kappa shape index (κ2) is 14.0. The third kappa shape index (κ3) is 6.02. The Bertz CT molecular complexity index is 2820. The Morgan fingerprint density at radius 3 is 1.11 bits per heavy atom. The van der Waals surface area contributed by atoms with E-state index in [4.69, 9.17) is 0 Å². The van der Waals surface area contributed by atoms with E-state index >= 15 is 0 Å². The normalized spacial score (nSPS) is 11.3. The first-order valence-electron chi connectivity index (χ1n) is 18.9. The van der Waals surface area contributed by atoms with Gasteiger partial charge < -0.3 is 4.90 Å². The predicted molar refractivity (Wildman–Crippen MR) is 235 cm³/mol. The summed E-state index contributed by atoms with van der Waals surface area (Å²) >= 11 is 0. The second-order valence-electron chi connectivity index (χ2n) is 14.1. The Hall–Kier alpha value is -7.22. The molecular weight excluding hydrogens is 663 g/mol. The van der Waals surface area contributed by atoms with E-state index in [0.717, 1.165) is 17.1 Å². The zero-order chi connectivity index (χ0) is 36.6. The average molecular weight is 700 g/mol. The van der Waals surface area contributed by atoms with E-state index < -0.39 is 0 Å². The summed E-state index contributed by atoms with van der Waals surface area (Å²) in [6.07, 6.45) is 0. The van der Waals surface area contributed by atoms with Crippen molar-refractivity contribution in [1.82, 2.24) is 0 Å². The van der Waals surface area contributed by atoms with Crippen LogP contribution in [-0.4, -0.2) is 0 Å². The second-order valence-corrected chi connectivity index (χ2v) is 14.1. The van der Waals surface area contributed by atoms with Gasteiger partial charge in [-0.2, -0.15) is 0 Å². The number of fused-ring (bicyclic) bond motifs is 3. The summed E-state index contributed by atoms with van der Waals surface area (Å²) in [5, 5.41) is 7.48. The van der Waals surface area contributed by atoms with E-state index in [-0.39, 0.29) is 0 Å². The van der Waals surface area contributed by atoms with Crippen LogP contribution in [0.25, 0.3) is 76.8 Å². The van der Waals surface area contributed by atoms with Gasteiger partial charge >= 0.3 is 0 Å². The van der Waals surface area contributed by atoms with E-state index in [1.807, 2.05) is 0 Å². The number of hydrogen-bond donors (Lipinski definition) is 0. The molecule has 0 spiro atoms. The third-order valence-electron chi connectivity index (χ3n) is 10.9. The maximum absolute atomic E-state index is 2.39. The number of hydrogen-bond acceptors (Lipinski definition) is 1. The molecule has 0 heterocycles. The molecule has 0 unspecified atom stereocenters. The van der Waals surface area contributed by atoms with Crippen LogP contribution >= 0.6 is 0 Å². The molecule has 0 bridgehead atoms. The summed E-state index contributed by atoms with van der Waals surface area (Å²) in [7, 11) is 0. The van der Waals surface area contributed by atoms with Crippen LogP contribution in [0.2, 0.25) is 0 Å². The number of nitrogens with zero attached hydrogens (tertiary/aromatic N) is 1. The molecule has 0 saturated carbocycles. The van der Waals surface area contributed by atoms with Gasteiger partial charge in [-0.1, -0.05) is 188 Å². The topological polar surface area (TPSA) is 3.24 Å². The molecule has 0 aliphatic rings. The van der Waals surface area contributed by atoms with Crippen LogP contribution in [0.5, 0.6) is 0 Å². The van der Waals surface area contributed by atoms with Crippen molar-refractivity contribution in [2.45, 2.75) is 0 Å². The summed E-state index contributed by atoms with van der Waals surface area (Å²) in [5.74, 6) is 0. The van der Waals surface area contributed by atoms with Crippen molar-refractivity contribution in [3.05, 3.63) is 224 Å². The average Bonchev–Trinajstić information content (AvgIpc) is 3.27. The summed E-state index contributed by atoms with van der Waals surface area (Å²) in [5.41, 5.74) is 13.0. The Morgan fingerprint density at radius 2 is 0.600 bits per heavy atom. The largest absolute Gasteiger partial charge is 0.310 e. The van der Waals surface area contributed by atoms with Crippen molar-refractivity contribution in [3.8, 4) is 44.5 Å². The van der Waals surface area contributed by atoms with Gasteiger partial charge in [0.05, 0.1) is 0 Å². The molecule has 1 heteroatoms. The standard InChI is InChI=1S/C54H37N/c1-2-13-38(14-3-1)52-36-35-46(37-54(52)53-26-12-20-41-17-6-9-23-51(41)53)55(44-31-27-42(28-32-44)49-24-10-18-39-15-4-7-21-47(39)49)45-33-29-43(30-34-45)50-25-11-19-40-16-5-8-22-48(40)50/h1-37H. The molecular formula is C54H37N. The molecule has 10 aromatic rings. The van der Waals surface area contributed by atoms with Gasteiger partial charge in [0, 0.05) is 17.1 Å². The fourth-order valence-electron chi connectivity index (χ4n) is 8.21. The van der Waals surface area contributed by atoms with Crippen molar-refractivity contribution in [3.63, 3.8) is 0 Å². The van der Waals surface area contributed by atoms with Gasteiger partial charge in [0.15, 0.2) is 0 Å². The van der Waals surface area contributed by atoms with E-state index in [1.165, 1.54) is 76.8 Å². The maximum Gasteiger partial charge on any atom is 0.0468 e. The van der Waals surface area contributed by atoms with Gasteiger partial charge in [0.25, 0.3) is 0 Å². The molecule has 0 fully saturated rings. The number of rotatable bonds is 7. The summed E-state index contributed by atoms with van der Waals surface area (Å²) < 4.78 is 0. The molecule has 10 rings (SSSR count). The number of benzene rings is 10. The quantitative estimate of drug-likeness (QED) is 0.160. The van der Waals surface area contributed by atoms with Crippen LogP contribution in [0.1, 0.15) is 0 Å². The van der Waals surface area contributed by atoms with Crippen LogP contribution in [0.4, 0.5) is 17.1 Å². The molecule has 0 N–H and O–H groups in total. The first-order chi connectivity index (χ1) is 27.3. The van der Waals surface area contributed by atoms with Crippen LogP contribution in [-0.2, 0) is 0 Å². The highest BCUT2D eigenvalue weighted by molar-refractivity contribution is 6.02. The highest BCUT2D eigenvalue weighted by atomic mass is 15.1. The van der Waals surface area contributed by atoms with Gasteiger partial charge in [0.2, 0.25) is 0 Å². The Balaban J connectivity index is 1.15. The van der Waals surface area contributed by atoms with Crippen molar-refractivity contribution >= 4 is 49.4 Å². The van der Waals surface area contributed by atoms with Gasteiger partial charge in [-0.3, -0.25) is 0 Å². The first kappa shape index (κ1) is 32.4. The zero-order valence-electron chi connectivity index (χ0n) is 30.3. The Kier molecular flexibility index (Phi) is 8.24. The molecule has 0 saturated heterocycles. The lowest BCUT2D eigenvalue weighted by atomic mass is 9.90. The first-order valence-corrected chi connectivity index (χ1v) is 18.9. The third-order valence-corrected chi connectivity index (χ3v) is 10.9. The zero-order valence-corrected chi connectivity index (χ0v) is 30.3. The van der Waals surface area contributed by atoms with Gasteiger partial charge in [-0.25, -0.2) is 0 Å². The summed E-state index contributed by atoms with van der Waals surface area (Å²) in [6, 6.07) is 81.5. The van der Waals surface area contributed by atoms with Crippen molar-refractivity contribution in [1.29, 1.82) is 0 Å². The molecule has 258 valence electrons. The SMILES string of the molecule is c1ccc(-c2ccc(N(c3ccc(-c4cccc5ccccc45)cc3)c3ccc(-c4cccc5ccccc45)cc3)cc2-c2cccc3ccccc23)cc1. The van der Waals surface area contributed by atoms with E-state index in [2.05, 4.69) is 229 Å². The molecule has 0 aliphatic carbocycles. The lowest BCUT2D eigenvalue weighted by Gasteiger charge is -2.27. The van der Waals surface area contributed by atoms with E-state index in [1.54, 1.807) is 0 Å². The molecule has 0 radical (unpaired) electrons. The minimum absolute atomic E-state index is 1.10. The fraction of sp³-hybridized carbons (Fsp3) is 0. The van der Waals surface area contributed by atoms with Gasteiger partial charge in [-0.15, -0.1) is 0 Å². The smallest absolute Gasteiger partial charge is 0.0468 e. The molecule has 0 atom stereocenters. The molecule has 55 heavy (non-hydrogen) atoms. The van der Waals surface area contributed by atoms with Crippen molar-refractivity contribution in [2.24, 2.45) is 0 Å². The maximum atomic E-state index is 2.39. The highest BCUT2D eigenvalue weighted by Crippen LogP contribution is 2.43. The van der Waals surface area contributed by atoms with Gasteiger partial charge in [-0.05, 0) is 113 Å². The Labute approximate surface area is 322 Å². The van der Waals surface area contributed by atoms with Crippen LogP contribution in [0.3, 0.4) is 0 Å². The lowest BCUT2D eigenvalue weighted by molar-refractivity contribution is 1.28. The number of anilines is 3. The molecule has 10 aromatic carbocycles. The minimum atomic E-state index is 1.10. The van der Waals surface area contributed by atoms with Crippen LogP contribution in [0, 0.1) is 0 Å². The molecule has 0 amide bonds. The molecule has 1 nitrogen and oxygen atoms in total. The van der Waals surface area contributed by atoms with Gasteiger partial charge in [0.1, 0.15) is 0 Å². The lowest BCUT2D eigenvalue weighted by Crippen LogP contribution is -2.10. The molecule has 0 aliphatic heterocycles. The highest BCUT2D eigenvalue weighted by Gasteiger charge is 2.18. The minimum Gasteiger partial charge on any atom is -0.310 e. The van der Waals surface area contributed by atoms with Crippen LogP contribution < -0.4 is 4.90 Å².